The van der Waals surface area contributed by atoms with Crippen molar-refractivity contribution in [1.29, 1.82) is 0 Å². The Bertz CT molecular complexity index is 652. The molecule has 0 unspecified atom stereocenters. The Kier molecular flexibility index (Phi) is 3.09. The summed E-state index contributed by atoms with van der Waals surface area (Å²) in [6, 6.07) is 1.83. The fourth-order valence-electron chi connectivity index (χ4n) is 2.39. The summed E-state index contributed by atoms with van der Waals surface area (Å²) in [7, 11) is 0. The predicted octanol–water partition coefficient (Wildman–Crippen LogP) is 1.13. The van der Waals surface area contributed by atoms with Crippen LogP contribution < -0.4 is 4.90 Å². The number of aryl methyl sites for hydroxylation is 1. The van der Waals surface area contributed by atoms with Gasteiger partial charge < -0.3 is 14.9 Å². The molecule has 3 heterocycles. The van der Waals surface area contributed by atoms with Gasteiger partial charge in [0.05, 0.1) is 17.4 Å². The highest BCUT2D eigenvalue weighted by molar-refractivity contribution is 5.75. The summed E-state index contributed by atoms with van der Waals surface area (Å²) in [5.41, 5.74) is 2.42. The molecule has 0 atom stereocenters. The molecular weight excluding hydrogens is 258 g/mol. The first-order valence-electron chi connectivity index (χ1n) is 6.46. The van der Waals surface area contributed by atoms with Gasteiger partial charge in [0.2, 0.25) is 0 Å². The monoisotopic (exact) mass is 273 g/mol. The number of hydrogen-bond acceptors (Lipinski definition) is 5. The van der Waals surface area contributed by atoms with Crippen molar-refractivity contribution >= 4 is 22.9 Å². The number of aromatic nitrogens is 3. The fraction of sp³-hybridized carbons (Fsp3) is 0.385. The minimum Gasteiger partial charge on any atom is -0.465 e. The van der Waals surface area contributed by atoms with Gasteiger partial charge in [-0.25, -0.2) is 14.8 Å². The average Bonchev–Trinajstić information content (AvgIpc) is 2.46. The Morgan fingerprint density at radius 3 is 2.65 bits per heavy atom. The summed E-state index contributed by atoms with van der Waals surface area (Å²) < 4.78 is 0. The Labute approximate surface area is 115 Å². The Balaban J connectivity index is 1.87. The van der Waals surface area contributed by atoms with Gasteiger partial charge in [0.25, 0.3) is 0 Å². The first kappa shape index (κ1) is 12.6. The molecular formula is C13H15N5O2. The third-order valence-corrected chi connectivity index (χ3v) is 3.47. The third-order valence-electron chi connectivity index (χ3n) is 3.47. The quantitative estimate of drug-likeness (QED) is 0.838. The van der Waals surface area contributed by atoms with E-state index in [1.54, 1.807) is 12.4 Å². The van der Waals surface area contributed by atoms with Crippen LogP contribution in [-0.2, 0) is 0 Å². The van der Waals surface area contributed by atoms with E-state index >= 15 is 0 Å². The van der Waals surface area contributed by atoms with Crippen LogP contribution in [0, 0.1) is 6.92 Å². The maximum absolute atomic E-state index is 10.9. The number of anilines is 1. The first-order valence-corrected chi connectivity index (χ1v) is 6.46. The van der Waals surface area contributed by atoms with E-state index in [0.717, 1.165) is 22.5 Å². The van der Waals surface area contributed by atoms with Crippen LogP contribution in [0.2, 0.25) is 0 Å². The zero-order valence-corrected chi connectivity index (χ0v) is 11.2. The molecule has 7 nitrogen and oxygen atoms in total. The number of hydrogen-bond donors (Lipinski definition) is 1. The largest absolute Gasteiger partial charge is 0.465 e. The molecule has 2 aromatic heterocycles. The van der Waals surface area contributed by atoms with Crippen LogP contribution in [0.4, 0.5) is 10.6 Å². The van der Waals surface area contributed by atoms with Crippen LogP contribution in [-0.4, -0.2) is 57.2 Å². The van der Waals surface area contributed by atoms with E-state index in [-0.39, 0.29) is 0 Å². The molecule has 0 spiro atoms. The molecule has 1 amide bonds. The third kappa shape index (κ3) is 2.22. The van der Waals surface area contributed by atoms with Gasteiger partial charge in [-0.1, -0.05) is 0 Å². The number of nitrogens with zero attached hydrogens (tertiary/aromatic N) is 5. The van der Waals surface area contributed by atoms with Crippen molar-refractivity contribution < 1.29 is 9.90 Å². The molecule has 0 saturated carbocycles. The molecule has 1 N–H and O–H groups in total. The van der Waals surface area contributed by atoms with E-state index in [1.165, 1.54) is 4.90 Å². The molecule has 2 aromatic rings. The number of fused-ring (bicyclic) bond motifs is 1. The van der Waals surface area contributed by atoms with Crippen LogP contribution in [0.1, 0.15) is 5.69 Å². The van der Waals surface area contributed by atoms with Gasteiger partial charge in [-0.15, -0.1) is 0 Å². The Morgan fingerprint density at radius 1 is 1.20 bits per heavy atom. The topological polar surface area (TPSA) is 82.5 Å². The van der Waals surface area contributed by atoms with Crippen molar-refractivity contribution in [3.63, 3.8) is 0 Å². The van der Waals surface area contributed by atoms with Crippen LogP contribution in [0.3, 0.4) is 0 Å². The van der Waals surface area contributed by atoms with Crippen molar-refractivity contribution in [3.8, 4) is 0 Å². The summed E-state index contributed by atoms with van der Waals surface area (Å²) >= 11 is 0. The van der Waals surface area contributed by atoms with Crippen LogP contribution in [0.25, 0.3) is 11.0 Å². The van der Waals surface area contributed by atoms with Crippen LogP contribution >= 0.6 is 0 Å². The summed E-state index contributed by atoms with van der Waals surface area (Å²) in [5, 5.41) is 8.96. The maximum atomic E-state index is 10.9. The molecule has 1 saturated heterocycles. The smallest absolute Gasteiger partial charge is 0.407 e. The minimum atomic E-state index is -0.864. The molecule has 104 valence electrons. The lowest BCUT2D eigenvalue weighted by atomic mass is 10.3. The number of carboxylic acid groups (broad SMARTS) is 1. The average molecular weight is 273 g/mol. The zero-order chi connectivity index (χ0) is 14.1. The van der Waals surface area contributed by atoms with Crippen molar-refractivity contribution in [2.45, 2.75) is 6.92 Å². The van der Waals surface area contributed by atoms with E-state index in [4.69, 9.17) is 5.11 Å². The predicted molar refractivity (Wildman–Crippen MR) is 73.9 cm³/mol. The molecule has 0 aliphatic carbocycles. The van der Waals surface area contributed by atoms with Gasteiger partial charge in [-0.3, -0.25) is 4.98 Å². The summed E-state index contributed by atoms with van der Waals surface area (Å²) in [6.07, 6.45) is 2.53. The lowest BCUT2D eigenvalue weighted by Gasteiger charge is -2.34. The van der Waals surface area contributed by atoms with E-state index < -0.39 is 6.09 Å². The van der Waals surface area contributed by atoms with E-state index in [0.29, 0.717) is 26.2 Å². The number of amides is 1. The van der Waals surface area contributed by atoms with Gasteiger partial charge in [0.1, 0.15) is 5.52 Å². The van der Waals surface area contributed by atoms with Crippen molar-refractivity contribution in [2.24, 2.45) is 0 Å². The fourth-order valence-corrected chi connectivity index (χ4v) is 2.39. The number of carbonyl (C=O) groups is 1. The molecule has 0 bridgehead atoms. The highest BCUT2D eigenvalue weighted by Gasteiger charge is 2.22. The number of piperazine rings is 1. The molecule has 3 rings (SSSR count). The second-order valence-electron chi connectivity index (χ2n) is 4.75. The van der Waals surface area contributed by atoms with Crippen LogP contribution in [0.5, 0.6) is 0 Å². The summed E-state index contributed by atoms with van der Waals surface area (Å²) in [6.45, 7) is 4.17. The standard InChI is InChI=1S/C13H15N5O2/c1-9-12(16-10-2-3-14-8-11(10)15-9)17-4-6-18(7-5-17)13(19)20/h2-3,8H,4-7H2,1H3,(H,19,20). The summed E-state index contributed by atoms with van der Waals surface area (Å²) in [5.74, 6) is 0.828. The van der Waals surface area contributed by atoms with E-state index in [2.05, 4.69) is 19.9 Å². The SMILES string of the molecule is Cc1nc2cnccc2nc1N1CCN(C(=O)O)CC1. The Hall–Kier alpha value is -2.44. The minimum absolute atomic E-state index is 0.491. The lowest BCUT2D eigenvalue weighted by molar-refractivity contribution is 0.142. The highest BCUT2D eigenvalue weighted by Crippen LogP contribution is 2.20. The molecule has 20 heavy (non-hydrogen) atoms. The lowest BCUT2D eigenvalue weighted by Crippen LogP contribution is -2.48. The molecule has 1 aliphatic heterocycles. The van der Waals surface area contributed by atoms with Gasteiger partial charge in [-0.05, 0) is 13.0 Å². The summed E-state index contributed by atoms with van der Waals surface area (Å²) in [4.78, 5) is 27.6. The second kappa shape index (κ2) is 4.92. The van der Waals surface area contributed by atoms with E-state index in [1.807, 2.05) is 13.0 Å². The molecule has 1 aliphatic rings. The molecule has 7 heteroatoms. The van der Waals surface area contributed by atoms with Gasteiger partial charge in [-0.2, -0.15) is 0 Å². The van der Waals surface area contributed by atoms with Crippen LogP contribution in [0.15, 0.2) is 18.5 Å². The van der Waals surface area contributed by atoms with Gasteiger partial charge in [0.15, 0.2) is 5.82 Å². The van der Waals surface area contributed by atoms with Crippen molar-refractivity contribution in [3.05, 3.63) is 24.2 Å². The second-order valence-corrected chi connectivity index (χ2v) is 4.75. The molecule has 1 fully saturated rings. The maximum Gasteiger partial charge on any atom is 0.407 e. The molecule has 0 aromatic carbocycles. The van der Waals surface area contributed by atoms with E-state index in [9.17, 15) is 4.79 Å². The van der Waals surface area contributed by atoms with Gasteiger partial charge >= 0.3 is 6.09 Å². The van der Waals surface area contributed by atoms with Crippen molar-refractivity contribution in [1.82, 2.24) is 19.9 Å². The number of rotatable bonds is 1. The number of pyridine rings is 1. The van der Waals surface area contributed by atoms with Crippen molar-refractivity contribution in [2.75, 3.05) is 31.1 Å². The first-order chi connectivity index (χ1) is 9.65. The molecule has 0 radical (unpaired) electrons. The normalized spacial score (nSPS) is 15.7. The zero-order valence-electron chi connectivity index (χ0n) is 11.2. The highest BCUT2D eigenvalue weighted by atomic mass is 16.4. The van der Waals surface area contributed by atoms with Gasteiger partial charge in [0, 0.05) is 32.4 Å². The Morgan fingerprint density at radius 2 is 1.95 bits per heavy atom.